The monoisotopic (exact) mass is 289 g/mol. The molecule has 1 aromatic carbocycles. The first-order valence-electron chi connectivity index (χ1n) is 6.57. The smallest absolute Gasteiger partial charge is 0.250 e. The number of amides is 1. The van der Waals surface area contributed by atoms with Crippen LogP contribution < -0.4 is 11.1 Å². The van der Waals surface area contributed by atoms with E-state index in [9.17, 15) is 4.79 Å². The Morgan fingerprint density at radius 3 is 2.60 bits per heavy atom. The van der Waals surface area contributed by atoms with E-state index in [1.54, 1.807) is 6.92 Å². The fourth-order valence-corrected chi connectivity index (χ4v) is 2.85. The third-order valence-electron chi connectivity index (χ3n) is 3.29. The van der Waals surface area contributed by atoms with Crippen molar-refractivity contribution in [1.82, 2.24) is 4.98 Å². The second-order valence-electron chi connectivity index (χ2n) is 4.90. The first kappa shape index (κ1) is 14.7. The van der Waals surface area contributed by atoms with Gasteiger partial charge in [0.15, 0.2) is 5.13 Å². The van der Waals surface area contributed by atoms with Gasteiger partial charge in [0.2, 0.25) is 0 Å². The van der Waals surface area contributed by atoms with Crippen molar-refractivity contribution in [3.05, 3.63) is 46.5 Å². The van der Waals surface area contributed by atoms with Crippen molar-refractivity contribution < 1.29 is 4.79 Å². The van der Waals surface area contributed by atoms with Crippen LogP contribution >= 0.6 is 11.3 Å². The number of thiazole rings is 1. The van der Waals surface area contributed by atoms with Crippen LogP contribution in [0.3, 0.4) is 0 Å². The maximum Gasteiger partial charge on any atom is 0.250 e. The quantitative estimate of drug-likeness (QED) is 0.909. The zero-order valence-electron chi connectivity index (χ0n) is 11.9. The molecular weight excluding hydrogens is 270 g/mol. The lowest BCUT2D eigenvalue weighted by Crippen LogP contribution is -2.45. The first-order valence-corrected chi connectivity index (χ1v) is 7.39. The van der Waals surface area contributed by atoms with Gasteiger partial charge in [-0.1, -0.05) is 37.3 Å². The van der Waals surface area contributed by atoms with Gasteiger partial charge in [-0.15, -0.1) is 11.3 Å². The van der Waals surface area contributed by atoms with Gasteiger partial charge in [0.1, 0.15) is 5.54 Å². The van der Waals surface area contributed by atoms with E-state index in [0.717, 1.165) is 22.6 Å². The van der Waals surface area contributed by atoms with E-state index < -0.39 is 5.54 Å². The van der Waals surface area contributed by atoms with E-state index >= 15 is 0 Å². The lowest BCUT2D eigenvalue weighted by molar-refractivity contribution is -0.120. The zero-order chi connectivity index (χ0) is 14.8. The average molecular weight is 289 g/mol. The van der Waals surface area contributed by atoms with Crippen LogP contribution in [0.1, 0.15) is 30.0 Å². The highest BCUT2D eigenvalue weighted by atomic mass is 32.1. The Morgan fingerprint density at radius 1 is 1.40 bits per heavy atom. The van der Waals surface area contributed by atoms with E-state index in [1.165, 1.54) is 11.3 Å². The summed E-state index contributed by atoms with van der Waals surface area (Å²) in [6, 6.07) is 9.34. The summed E-state index contributed by atoms with van der Waals surface area (Å²) in [5.74, 6) is -0.250. The highest BCUT2D eigenvalue weighted by molar-refractivity contribution is 7.15. The minimum Gasteiger partial charge on any atom is -0.314 e. The molecular formula is C15H19N3OS. The van der Waals surface area contributed by atoms with Gasteiger partial charge >= 0.3 is 0 Å². The molecule has 0 spiro atoms. The largest absolute Gasteiger partial charge is 0.314 e. The summed E-state index contributed by atoms with van der Waals surface area (Å²) in [5, 5.41) is 3.43. The summed E-state index contributed by atoms with van der Waals surface area (Å²) in [4.78, 5) is 17.9. The molecule has 0 bridgehead atoms. The zero-order valence-corrected chi connectivity index (χ0v) is 12.8. The molecule has 0 aliphatic rings. The molecule has 4 nitrogen and oxygen atoms in total. The van der Waals surface area contributed by atoms with E-state index in [0.29, 0.717) is 5.13 Å². The Hall–Kier alpha value is -1.72. The molecule has 1 aromatic heterocycles. The molecule has 20 heavy (non-hydrogen) atoms. The van der Waals surface area contributed by atoms with E-state index in [4.69, 9.17) is 5.73 Å². The average Bonchev–Trinajstić information content (AvgIpc) is 2.79. The normalized spacial score (nSPS) is 13.8. The number of aromatic nitrogens is 1. The number of anilines is 1. The second kappa shape index (κ2) is 5.73. The molecule has 3 N–H and O–H groups in total. The van der Waals surface area contributed by atoms with Gasteiger partial charge in [0.05, 0.1) is 5.69 Å². The molecule has 0 aliphatic heterocycles. The summed E-state index contributed by atoms with van der Waals surface area (Å²) in [6.07, 6.45) is 0.858. The Kier molecular flexibility index (Phi) is 4.20. The van der Waals surface area contributed by atoms with Crippen LogP contribution in [0.5, 0.6) is 0 Å². The molecule has 1 unspecified atom stereocenters. The summed E-state index contributed by atoms with van der Waals surface area (Å²) < 4.78 is 0. The molecule has 1 heterocycles. The van der Waals surface area contributed by atoms with Crippen LogP contribution in [0.15, 0.2) is 30.3 Å². The van der Waals surface area contributed by atoms with Crippen molar-refractivity contribution in [3.8, 4) is 0 Å². The van der Waals surface area contributed by atoms with Gasteiger partial charge in [-0.3, -0.25) is 4.79 Å². The maximum atomic E-state index is 12.4. The van der Waals surface area contributed by atoms with E-state index in [-0.39, 0.29) is 5.91 Å². The number of nitrogens with one attached hydrogen (secondary N) is 1. The van der Waals surface area contributed by atoms with Gasteiger partial charge in [-0.2, -0.15) is 0 Å². The predicted octanol–water partition coefficient (Wildman–Crippen LogP) is 2.83. The minimum absolute atomic E-state index is 0.250. The van der Waals surface area contributed by atoms with Crippen molar-refractivity contribution in [2.45, 2.75) is 32.7 Å². The van der Waals surface area contributed by atoms with Crippen molar-refractivity contribution in [2.75, 3.05) is 5.32 Å². The van der Waals surface area contributed by atoms with Crippen LogP contribution in [0.4, 0.5) is 5.13 Å². The summed E-state index contributed by atoms with van der Waals surface area (Å²) in [6.45, 7) is 5.76. The highest BCUT2D eigenvalue weighted by Gasteiger charge is 2.31. The SMILES string of the molecule is CCc1nc(NC(=O)C(C)(N)c2ccccc2)sc1C. The number of nitrogens with two attached hydrogens (primary N) is 1. The molecule has 5 heteroatoms. The second-order valence-corrected chi connectivity index (χ2v) is 6.10. The van der Waals surface area contributed by atoms with Crippen LogP contribution in [-0.4, -0.2) is 10.9 Å². The molecule has 1 atom stereocenters. The van der Waals surface area contributed by atoms with Crippen LogP contribution in [0, 0.1) is 6.92 Å². The van der Waals surface area contributed by atoms with Crippen molar-refractivity contribution >= 4 is 22.4 Å². The van der Waals surface area contributed by atoms with Crippen molar-refractivity contribution in [1.29, 1.82) is 0 Å². The van der Waals surface area contributed by atoms with Gasteiger partial charge in [0.25, 0.3) is 5.91 Å². The topological polar surface area (TPSA) is 68.0 Å². The van der Waals surface area contributed by atoms with Gasteiger partial charge in [0, 0.05) is 4.88 Å². The minimum atomic E-state index is -1.08. The lowest BCUT2D eigenvalue weighted by Gasteiger charge is -2.23. The number of hydrogen-bond acceptors (Lipinski definition) is 4. The molecule has 106 valence electrons. The van der Waals surface area contributed by atoms with Crippen LogP contribution in [0.25, 0.3) is 0 Å². The number of benzene rings is 1. The number of aryl methyl sites for hydroxylation is 2. The van der Waals surface area contributed by atoms with Gasteiger partial charge in [-0.25, -0.2) is 4.98 Å². The van der Waals surface area contributed by atoms with Crippen molar-refractivity contribution in [2.24, 2.45) is 5.73 Å². The molecule has 0 aliphatic carbocycles. The summed E-state index contributed by atoms with van der Waals surface area (Å²) in [5.41, 5.74) is 6.89. The van der Waals surface area contributed by atoms with Crippen LogP contribution in [0.2, 0.25) is 0 Å². The highest BCUT2D eigenvalue weighted by Crippen LogP contribution is 2.25. The molecule has 2 rings (SSSR count). The fraction of sp³-hybridized carbons (Fsp3) is 0.333. The number of carbonyl (C=O) groups is 1. The molecule has 0 saturated carbocycles. The summed E-state index contributed by atoms with van der Waals surface area (Å²) in [7, 11) is 0. The molecule has 1 amide bonds. The maximum absolute atomic E-state index is 12.4. The van der Waals surface area contributed by atoms with E-state index in [1.807, 2.05) is 44.2 Å². The first-order chi connectivity index (χ1) is 9.45. The Balaban J connectivity index is 2.18. The summed E-state index contributed by atoms with van der Waals surface area (Å²) >= 11 is 1.48. The van der Waals surface area contributed by atoms with Crippen LogP contribution in [-0.2, 0) is 16.8 Å². The molecule has 2 aromatic rings. The molecule has 0 saturated heterocycles. The van der Waals surface area contributed by atoms with E-state index in [2.05, 4.69) is 10.3 Å². The number of hydrogen-bond donors (Lipinski definition) is 2. The number of carbonyl (C=O) groups excluding carboxylic acids is 1. The fourth-order valence-electron chi connectivity index (χ4n) is 1.95. The van der Waals surface area contributed by atoms with Crippen molar-refractivity contribution in [3.63, 3.8) is 0 Å². The number of rotatable bonds is 4. The van der Waals surface area contributed by atoms with Gasteiger partial charge in [-0.05, 0) is 25.8 Å². The Bertz CT molecular complexity index is 605. The third kappa shape index (κ3) is 2.89. The standard InChI is InChI=1S/C15H19N3OS/c1-4-12-10(2)20-14(17-12)18-13(19)15(3,16)11-8-6-5-7-9-11/h5-9H,4,16H2,1-3H3,(H,17,18,19). The Labute approximate surface area is 123 Å². The van der Waals surface area contributed by atoms with Gasteiger partial charge < -0.3 is 11.1 Å². The molecule has 0 fully saturated rings. The third-order valence-corrected chi connectivity index (χ3v) is 4.22. The predicted molar refractivity (Wildman–Crippen MR) is 82.8 cm³/mol. The Morgan fingerprint density at radius 2 is 2.05 bits per heavy atom. The lowest BCUT2D eigenvalue weighted by atomic mass is 9.92. The molecule has 0 radical (unpaired) electrons. The number of nitrogens with zero attached hydrogens (tertiary/aromatic N) is 1.